The molecule has 0 saturated heterocycles. The van der Waals surface area contributed by atoms with E-state index in [4.69, 9.17) is 5.73 Å². The molecule has 0 aliphatic heterocycles. The van der Waals surface area contributed by atoms with Gasteiger partial charge in [-0.25, -0.2) is 0 Å². The molecule has 0 aromatic carbocycles. The van der Waals surface area contributed by atoms with E-state index in [1.54, 1.807) is 6.20 Å². The maximum absolute atomic E-state index is 11.9. The molecule has 2 rings (SSSR count). The molecule has 1 heterocycles. The molecule has 0 radical (unpaired) electrons. The molecule has 3 N–H and O–H groups in total. The highest BCUT2D eigenvalue weighted by Crippen LogP contribution is 2.24. The Labute approximate surface area is 108 Å². The van der Waals surface area contributed by atoms with Gasteiger partial charge in [-0.3, -0.25) is 9.78 Å². The summed E-state index contributed by atoms with van der Waals surface area (Å²) in [5.74, 6) is 0.524. The standard InChI is InChI=1S/C14H21N3O/c1-10-5-6-11(9-16-10)7-14(18)17-13-4-2-3-12(13)8-15/h5-6,9,12-13H,2-4,7-8,15H2,1H3,(H,17,18). The van der Waals surface area contributed by atoms with Crippen LogP contribution in [0.5, 0.6) is 0 Å². The number of nitrogens with two attached hydrogens (primary N) is 1. The van der Waals surface area contributed by atoms with E-state index in [-0.39, 0.29) is 11.9 Å². The van der Waals surface area contributed by atoms with Gasteiger partial charge in [0, 0.05) is 17.9 Å². The Morgan fingerprint density at radius 1 is 1.50 bits per heavy atom. The number of nitrogens with one attached hydrogen (secondary N) is 1. The largest absolute Gasteiger partial charge is 0.353 e. The average Bonchev–Trinajstić information content (AvgIpc) is 2.79. The van der Waals surface area contributed by atoms with Gasteiger partial charge in [-0.2, -0.15) is 0 Å². The van der Waals surface area contributed by atoms with E-state index < -0.39 is 0 Å². The van der Waals surface area contributed by atoms with Crippen LogP contribution in [0.2, 0.25) is 0 Å². The predicted octanol–water partition coefficient (Wildman–Crippen LogP) is 1.18. The molecule has 4 heteroatoms. The summed E-state index contributed by atoms with van der Waals surface area (Å²) < 4.78 is 0. The molecule has 1 saturated carbocycles. The van der Waals surface area contributed by atoms with Crippen LogP contribution in [0, 0.1) is 12.8 Å². The molecule has 1 aromatic heterocycles. The lowest BCUT2D eigenvalue weighted by Crippen LogP contribution is -2.40. The van der Waals surface area contributed by atoms with Gasteiger partial charge in [0.2, 0.25) is 5.91 Å². The molecule has 2 atom stereocenters. The van der Waals surface area contributed by atoms with Gasteiger partial charge in [0.1, 0.15) is 0 Å². The molecule has 18 heavy (non-hydrogen) atoms. The van der Waals surface area contributed by atoms with Gasteiger partial charge in [-0.1, -0.05) is 12.5 Å². The second kappa shape index (κ2) is 5.96. The number of aryl methyl sites for hydroxylation is 1. The minimum atomic E-state index is 0.0750. The number of carbonyl (C=O) groups excluding carboxylic acids is 1. The highest BCUT2D eigenvalue weighted by molar-refractivity contribution is 5.78. The molecular formula is C14H21N3O. The molecule has 1 aliphatic rings. The van der Waals surface area contributed by atoms with Gasteiger partial charge in [0.05, 0.1) is 6.42 Å². The van der Waals surface area contributed by atoms with Crippen molar-refractivity contribution in [1.82, 2.24) is 10.3 Å². The molecule has 4 nitrogen and oxygen atoms in total. The van der Waals surface area contributed by atoms with Crippen LogP contribution in [0.15, 0.2) is 18.3 Å². The van der Waals surface area contributed by atoms with Crippen molar-refractivity contribution in [3.63, 3.8) is 0 Å². The van der Waals surface area contributed by atoms with Crippen molar-refractivity contribution >= 4 is 5.91 Å². The summed E-state index contributed by atoms with van der Waals surface area (Å²) in [6.45, 7) is 2.60. The summed E-state index contributed by atoms with van der Waals surface area (Å²) in [4.78, 5) is 16.1. The number of nitrogens with zero attached hydrogens (tertiary/aromatic N) is 1. The topological polar surface area (TPSA) is 68.0 Å². The van der Waals surface area contributed by atoms with Crippen molar-refractivity contribution < 1.29 is 4.79 Å². The molecular weight excluding hydrogens is 226 g/mol. The predicted molar refractivity (Wildman–Crippen MR) is 71.0 cm³/mol. The summed E-state index contributed by atoms with van der Waals surface area (Å²) in [7, 11) is 0. The Bertz CT molecular complexity index is 402. The minimum absolute atomic E-state index is 0.0750. The summed E-state index contributed by atoms with van der Waals surface area (Å²) in [6.07, 6.45) is 5.53. The Kier molecular flexibility index (Phi) is 4.31. The molecule has 2 unspecified atom stereocenters. The van der Waals surface area contributed by atoms with Crippen LogP contribution in [-0.4, -0.2) is 23.5 Å². The van der Waals surface area contributed by atoms with E-state index in [1.807, 2.05) is 19.1 Å². The number of aromatic nitrogens is 1. The van der Waals surface area contributed by atoms with Crippen LogP contribution >= 0.6 is 0 Å². The van der Waals surface area contributed by atoms with Gasteiger partial charge < -0.3 is 11.1 Å². The van der Waals surface area contributed by atoms with E-state index in [2.05, 4.69) is 10.3 Å². The molecule has 1 amide bonds. The maximum atomic E-state index is 11.9. The summed E-state index contributed by atoms with van der Waals surface area (Å²) in [6, 6.07) is 4.15. The van der Waals surface area contributed by atoms with Crippen LogP contribution in [0.4, 0.5) is 0 Å². The third-order valence-electron chi connectivity index (χ3n) is 3.65. The lowest BCUT2D eigenvalue weighted by Gasteiger charge is -2.19. The smallest absolute Gasteiger partial charge is 0.224 e. The monoisotopic (exact) mass is 247 g/mol. The highest BCUT2D eigenvalue weighted by atomic mass is 16.1. The third-order valence-corrected chi connectivity index (χ3v) is 3.65. The van der Waals surface area contributed by atoms with Gasteiger partial charge in [0.25, 0.3) is 0 Å². The van der Waals surface area contributed by atoms with Gasteiger partial charge in [-0.05, 0) is 43.9 Å². The van der Waals surface area contributed by atoms with E-state index in [9.17, 15) is 4.79 Å². The van der Waals surface area contributed by atoms with Gasteiger partial charge in [0.15, 0.2) is 0 Å². The molecule has 1 aromatic rings. The van der Waals surface area contributed by atoms with Crippen LogP contribution in [0.25, 0.3) is 0 Å². The molecule has 0 spiro atoms. The molecule has 1 aliphatic carbocycles. The lowest BCUT2D eigenvalue weighted by molar-refractivity contribution is -0.121. The minimum Gasteiger partial charge on any atom is -0.353 e. The zero-order valence-corrected chi connectivity index (χ0v) is 10.9. The SMILES string of the molecule is Cc1ccc(CC(=O)NC2CCCC2CN)cn1. The fourth-order valence-corrected chi connectivity index (χ4v) is 2.56. The number of rotatable bonds is 4. The third kappa shape index (κ3) is 3.29. The van der Waals surface area contributed by atoms with E-state index in [1.165, 1.54) is 6.42 Å². The Morgan fingerprint density at radius 2 is 2.33 bits per heavy atom. The van der Waals surface area contributed by atoms with Crippen LogP contribution in [0.3, 0.4) is 0 Å². The van der Waals surface area contributed by atoms with Crippen molar-refractivity contribution in [1.29, 1.82) is 0 Å². The van der Waals surface area contributed by atoms with Gasteiger partial charge >= 0.3 is 0 Å². The van der Waals surface area contributed by atoms with E-state index in [0.29, 0.717) is 18.9 Å². The second-order valence-corrected chi connectivity index (χ2v) is 5.09. The zero-order valence-electron chi connectivity index (χ0n) is 10.9. The first-order valence-corrected chi connectivity index (χ1v) is 6.60. The normalized spacial score (nSPS) is 23.0. The Morgan fingerprint density at radius 3 is 3.00 bits per heavy atom. The fourth-order valence-electron chi connectivity index (χ4n) is 2.56. The first kappa shape index (κ1) is 13.0. The maximum Gasteiger partial charge on any atom is 0.224 e. The average molecular weight is 247 g/mol. The number of hydrogen-bond donors (Lipinski definition) is 2. The van der Waals surface area contributed by atoms with Crippen LogP contribution in [-0.2, 0) is 11.2 Å². The van der Waals surface area contributed by atoms with Crippen LogP contribution in [0.1, 0.15) is 30.5 Å². The van der Waals surface area contributed by atoms with Crippen molar-refractivity contribution in [2.75, 3.05) is 6.54 Å². The molecule has 1 fully saturated rings. The van der Waals surface area contributed by atoms with Crippen LogP contribution < -0.4 is 11.1 Å². The van der Waals surface area contributed by atoms with E-state index in [0.717, 1.165) is 24.1 Å². The molecule has 98 valence electrons. The van der Waals surface area contributed by atoms with Crippen molar-refractivity contribution in [2.45, 2.75) is 38.6 Å². The number of pyridine rings is 1. The zero-order chi connectivity index (χ0) is 13.0. The summed E-state index contributed by atoms with van der Waals surface area (Å²) >= 11 is 0. The van der Waals surface area contributed by atoms with Crippen molar-refractivity contribution in [3.8, 4) is 0 Å². The van der Waals surface area contributed by atoms with E-state index >= 15 is 0 Å². The number of carbonyl (C=O) groups is 1. The quantitative estimate of drug-likeness (QED) is 0.839. The lowest BCUT2D eigenvalue weighted by atomic mass is 10.0. The summed E-state index contributed by atoms with van der Waals surface area (Å²) in [5, 5.41) is 3.10. The Hall–Kier alpha value is -1.42. The first-order chi connectivity index (χ1) is 8.69. The second-order valence-electron chi connectivity index (χ2n) is 5.09. The van der Waals surface area contributed by atoms with Crippen molar-refractivity contribution in [2.24, 2.45) is 11.7 Å². The highest BCUT2D eigenvalue weighted by Gasteiger charge is 2.27. The molecule has 0 bridgehead atoms. The van der Waals surface area contributed by atoms with Crippen molar-refractivity contribution in [3.05, 3.63) is 29.6 Å². The van der Waals surface area contributed by atoms with Gasteiger partial charge in [-0.15, -0.1) is 0 Å². The number of amides is 1. The Balaban J connectivity index is 1.86. The summed E-state index contributed by atoms with van der Waals surface area (Å²) in [5.41, 5.74) is 7.64. The number of hydrogen-bond acceptors (Lipinski definition) is 3. The fraction of sp³-hybridized carbons (Fsp3) is 0.571. The first-order valence-electron chi connectivity index (χ1n) is 6.60.